The van der Waals surface area contributed by atoms with Gasteiger partial charge >= 0.3 is 6.18 Å². The van der Waals surface area contributed by atoms with Crippen LogP contribution in [0.2, 0.25) is 0 Å². The molecule has 3 N–H and O–H groups in total. The third-order valence-corrected chi connectivity index (χ3v) is 2.64. The van der Waals surface area contributed by atoms with Crippen LogP contribution in [0.4, 0.5) is 24.8 Å². The fourth-order valence-corrected chi connectivity index (χ4v) is 1.66. The first-order valence-corrected chi connectivity index (χ1v) is 5.85. The number of hydrogen-bond acceptors (Lipinski definition) is 5. The Morgan fingerprint density at radius 3 is 2.75 bits per heavy atom. The third kappa shape index (κ3) is 3.16. The highest BCUT2D eigenvalue weighted by Gasteiger charge is 2.31. The highest BCUT2D eigenvalue weighted by Crippen LogP contribution is 2.31. The molecular formula is C11H13F3N6. The molecule has 6 nitrogen and oxygen atoms in total. The molecule has 2 aromatic rings. The van der Waals surface area contributed by atoms with Crippen molar-refractivity contribution in [2.24, 2.45) is 0 Å². The molecule has 2 rings (SSSR count). The van der Waals surface area contributed by atoms with E-state index in [1.54, 1.807) is 10.9 Å². The number of nitrogen functional groups attached to an aromatic ring is 1. The van der Waals surface area contributed by atoms with Crippen LogP contribution in [-0.4, -0.2) is 19.7 Å². The van der Waals surface area contributed by atoms with Gasteiger partial charge in [-0.2, -0.15) is 13.2 Å². The first kappa shape index (κ1) is 14.1. The van der Waals surface area contributed by atoms with Crippen LogP contribution in [0.1, 0.15) is 18.3 Å². The van der Waals surface area contributed by atoms with Gasteiger partial charge in [-0.1, -0.05) is 0 Å². The number of aryl methyl sites for hydroxylation is 1. The lowest BCUT2D eigenvalue weighted by molar-refractivity contribution is -0.137. The molecule has 0 fully saturated rings. The summed E-state index contributed by atoms with van der Waals surface area (Å²) in [6.07, 6.45) is -2.91. The summed E-state index contributed by atoms with van der Waals surface area (Å²) in [5.74, 6) is 0.451. The van der Waals surface area contributed by atoms with Gasteiger partial charge in [0.1, 0.15) is 18.0 Å². The predicted octanol–water partition coefficient (Wildman–Crippen LogP) is 1.91. The molecule has 0 aliphatic rings. The third-order valence-electron chi connectivity index (χ3n) is 2.64. The Hall–Kier alpha value is -2.32. The molecule has 0 aromatic carbocycles. The SMILES string of the molecule is CCn1cnnc1CNc1cc(C(F)(F)F)cc(N)n1. The van der Waals surface area contributed by atoms with E-state index >= 15 is 0 Å². The zero-order chi connectivity index (χ0) is 14.8. The normalized spacial score (nSPS) is 11.6. The Morgan fingerprint density at radius 2 is 2.10 bits per heavy atom. The fraction of sp³-hybridized carbons (Fsp3) is 0.364. The first-order valence-electron chi connectivity index (χ1n) is 5.85. The van der Waals surface area contributed by atoms with Gasteiger partial charge in [-0.15, -0.1) is 10.2 Å². The van der Waals surface area contributed by atoms with E-state index in [1.165, 1.54) is 0 Å². The standard InChI is InChI=1S/C11H13F3N6/c1-2-20-6-17-19-10(20)5-16-9-4-7(11(12,13)14)3-8(15)18-9/h3-4,6H,2,5H2,1H3,(H3,15,16,18). The Bertz CT molecular complexity index is 592. The van der Waals surface area contributed by atoms with Crippen LogP contribution in [0, 0.1) is 0 Å². The number of nitrogens with two attached hydrogens (primary N) is 1. The summed E-state index contributed by atoms with van der Waals surface area (Å²) in [6, 6.07) is 1.70. The van der Waals surface area contributed by atoms with Crippen molar-refractivity contribution in [2.45, 2.75) is 26.2 Å². The monoisotopic (exact) mass is 286 g/mol. The summed E-state index contributed by atoms with van der Waals surface area (Å²) < 4.78 is 39.7. The molecule has 0 saturated carbocycles. The molecule has 0 aliphatic carbocycles. The van der Waals surface area contributed by atoms with E-state index in [2.05, 4.69) is 20.5 Å². The molecule has 0 unspecified atom stereocenters. The summed E-state index contributed by atoms with van der Waals surface area (Å²) in [5.41, 5.74) is 4.53. The minimum Gasteiger partial charge on any atom is -0.384 e. The van der Waals surface area contributed by atoms with Crippen molar-refractivity contribution in [3.05, 3.63) is 29.8 Å². The number of nitrogens with one attached hydrogen (secondary N) is 1. The Morgan fingerprint density at radius 1 is 1.35 bits per heavy atom. The number of nitrogens with zero attached hydrogens (tertiary/aromatic N) is 4. The zero-order valence-corrected chi connectivity index (χ0v) is 10.6. The van der Waals surface area contributed by atoms with Crippen molar-refractivity contribution in [2.75, 3.05) is 11.1 Å². The summed E-state index contributed by atoms with van der Waals surface area (Å²) in [7, 11) is 0. The maximum absolute atomic E-state index is 12.6. The number of alkyl halides is 3. The molecule has 0 spiro atoms. The molecule has 20 heavy (non-hydrogen) atoms. The summed E-state index contributed by atoms with van der Waals surface area (Å²) >= 11 is 0. The van der Waals surface area contributed by atoms with Crippen LogP contribution in [0.25, 0.3) is 0 Å². The quantitative estimate of drug-likeness (QED) is 0.897. The lowest BCUT2D eigenvalue weighted by Crippen LogP contribution is -2.11. The molecule has 0 bridgehead atoms. The lowest BCUT2D eigenvalue weighted by Gasteiger charge is -2.11. The van der Waals surface area contributed by atoms with E-state index in [9.17, 15) is 13.2 Å². The number of anilines is 2. The average Bonchev–Trinajstić information content (AvgIpc) is 2.82. The number of halogens is 3. The fourth-order valence-electron chi connectivity index (χ4n) is 1.66. The lowest BCUT2D eigenvalue weighted by atomic mass is 10.2. The van der Waals surface area contributed by atoms with E-state index in [0.29, 0.717) is 12.4 Å². The Kier molecular flexibility index (Phi) is 3.77. The number of hydrogen-bond donors (Lipinski definition) is 2. The van der Waals surface area contributed by atoms with E-state index in [4.69, 9.17) is 5.73 Å². The average molecular weight is 286 g/mol. The second kappa shape index (κ2) is 5.35. The van der Waals surface area contributed by atoms with Gasteiger partial charge in [0.25, 0.3) is 0 Å². The minimum atomic E-state index is -4.46. The largest absolute Gasteiger partial charge is 0.416 e. The highest BCUT2D eigenvalue weighted by molar-refractivity contribution is 5.47. The molecule has 108 valence electrons. The van der Waals surface area contributed by atoms with Crippen molar-refractivity contribution in [1.82, 2.24) is 19.7 Å². The molecule has 0 aliphatic heterocycles. The van der Waals surface area contributed by atoms with Crippen molar-refractivity contribution in [1.29, 1.82) is 0 Å². The molecular weight excluding hydrogens is 273 g/mol. The summed E-state index contributed by atoms with van der Waals surface area (Å²) in [6.45, 7) is 2.79. The topological polar surface area (TPSA) is 81.7 Å². The second-order valence-electron chi connectivity index (χ2n) is 4.05. The first-order chi connectivity index (χ1) is 9.40. The molecule has 0 radical (unpaired) electrons. The highest BCUT2D eigenvalue weighted by atomic mass is 19.4. The van der Waals surface area contributed by atoms with Crippen LogP contribution >= 0.6 is 0 Å². The maximum atomic E-state index is 12.6. The Balaban J connectivity index is 2.16. The van der Waals surface area contributed by atoms with E-state index in [1.807, 2.05) is 6.92 Å². The van der Waals surface area contributed by atoms with Crippen LogP contribution in [0.3, 0.4) is 0 Å². The molecule has 2 heterocycles. The van der Waals surface area contributed by atoms with Gasteiger partial charge in [-0.25, -0.2) is 4.98 Å². The van der Waals surface area contributed by atoms with Gasteiger partial charge in [0.2, 0.25) is 0 Å². The Labute approximate surface area is 112 Å². The van der Waals surface area contributed by atoms with Crippen LogP contribution in [0.15, 0.2) is 18.5 Å². The molecule has 0 atom stereocenters. The van der Waals surface area contributed by atoms with Gasteiger partial charge in [-0.05, 0) is 19.1 Å². The van der Waals surface area contributed by atoms with Crippen LogP contribution in [0.5, 0.6) is 0 Å². The van der Waals surface area contributed by atoms with Gasteiger partial charge in [0, 0.05) is 6.54 Å². The molecule has 0 saturated heterocycles. The van der Waals surface area contributed by atoms with Gasteiger partial charge in [0.15, 0.2) is 5.82 Å². The second-order valence-corrected chi connectivity index (χ2v) is 4.05. The van der Waals surface area contributed by atoms with E-state index < -0.39 is 11.7 Å². The number of aromatic nitrogens is 4. The maximum Gasteiger partial charge on any atom is 0.416 e. The zero-order valence-electron chi connectivity index (χ0n) is 10.6. The number of rotatable bonds is 4. The van der Waals surface area contributed by atoms with Crippen molar-refractivity contribution in [3.63, 3.8) is 0 Å². The van der Waals surface area contributed by atoms with Gasteiger partial charge in [0.05, 0.1) is 12.1 Å². The van der Waals surface area contributed by atoms with Gasteiger partial charge < -0.3 is 15.6 Å². The molecule has 2 aromatic heterocycles. The van der Waals surface area contributed by atoms with Crippen molar-refractivity contribution >= 4 is 11.6 Å². The summed E-state index contributed by atoms with van der Waals surface area (Å²) in [5, 5.41) is 10.4. The summed E-state index contributed by atoms with van der Waals surface area (Å²) in [4.78, 5) is 3.81. The number of pyridine rings is 1. The molecule has 9 heteroatoms. The van der Waals surface area contributed by atoms with Crippen LogP contribution < -0.4 is 11.1 Å². The van der Waals surface area contributed by atoms with Crippen molar-refractivity contribution < 1.29 is 13.2 Å². The van der Waals surface area contributed by atoms with E-state index in [-0.39, 0.29) is 18.2 Å². The van der Waals surface area contributed by atoms with Crippen LogP contribution in [-0.2, 0) is 19.3 Å². The molecule has 0 amide bonds. The van der Waals surface area contributed by atoms with E-state index in [0.717, 1.165) is 12.1 Å². The smallest absolute Gasteiger partial charge is 0.384 e. The van der Waals surface area contributed by atoms with Gasteiger partial charge in [-0.3, -0.25) is 0 Å². The minimum absolute atomic E-state index is 0.0444. The van der Waals surface area contributed by atoms with Crippen molar-refractivity contribution in [3.8, 4) is 0 Å². The predicted molar refractivity (Wildman–Crippen MR) is 66.7 cm³/mol.